The summed E-state index contributed by atoms with van der Waals surface area (Å²) in [6.45, 7) is -7.07. The van der Waals surface area contributed by atoms with E-state index in [1.54, 1.807) is 72.3 Å². The molecule has 0 aliphatic heterocycles. The first-order chi connectivity index (χ1) is 54.0. The summed E-state index contributed by atoms with van der Waals surface area (Å²) in [6, 6.07) is 17.5. The normalized spacial score (nSPS) is 15.3. The average molecular weight is 1590 g/mol. The van der Waals surface area contributed by atoms with Crippen molar-refractivity contribution in [2.45, 2.75) is 60.8 Å². The lowest BCUT2D eigenvalue weighted by Crippen LogP contribution is -2.31. The fourth-order valence-corrected chi connectivity index (χ4v) is 10.0. The molecule has 6 N–H and O–H groups in total. The molecule has 6 heterocycles. The predicted octanol–water partition coefficient (Wildman–Crippen LogP) is 9.36. The second-order valence-corrected chi connectivity index (χ2v) is 25.1. The highest BCUT2D eigenvalue weighted by atomic mass is 79.9. The molecule has 96 heavy (non-hydrogen) atoms. The molecule has 30 nitrogen and oxygen atoms in total. The van der Waals surface area contributed by atoms with Gasteiger partial charge in [-0.3, -0.25) is 14.2 Å². The van der Waals surface area contributed by atoms with Gasteiger partial charge in [0.2, 0.25) is 17.6 Å². The van der Waals surface area contributed by atoms with Gasteiger partial charge in [-0.2, -0.15) is 39.4 Å². The minimum atomic E-state index is -4.85. The van der Waals surface area contributed by atoms with Crippen molar-refractivity contribution >= 4 is 95.9 Å². The molecule has 0 aliphatic rings. The van der Waals surface area contributed by atoms with E-state index >= 15 is 0 Å². The molecule has 9 rings (SSSR count). The molecule has 9 aromatic rings. The molecular formula is C60H69Br3N18O12S3. The third-order valence-corrected chi connectivity index (χ3v) is 15.2. The third-order valence-electron chi connectivity index (χ3n) is 10.8. The fraction of sp³-hybridized carbons (Fsp3) is 0.300. The highest BCUT2D eigenvalue weighted by Crippen LogP contribution is 2.38. The maximum Gasteiger partial charge on any atom is 0.316 e. The van der Waals surface area contributed by atoms with E-state index in [2.05, 4.69) is 122 Å². The van der Waals surface area contributed by atoms with Gasteiger partial charge in [0.1, 0.15) is 62.5 Å². The minimum Gasteiger partial charge on any atom is -0.473 e. The zero-order valence-electron chi connectivity index (χ0n) is 71.8. The largest absolute Gasteiger partial charge is 0.473 e. The van der Waals surface area contributed by atoms with Crippen molar-refractivity contribution in [3.63, 3.8) is 0 Å². The molecule has 0 atom stereocenters. The summed E-state index contributed by atoms with van der Waals surface area (Å²) in [4.78, 5) is 45.4. The Labute approximate surface area is 611 Å². The number of benzene rings is 3. The molecule has 36 heteroatoms. The lowest BCUT2D eigenvalue weighted by atomic mass is 10.1. The van der Waals surface area contributed by atoms with Crippen LogP contribution in [-0.4, -0.2) is 144 Å². The molecule has 0 spiro atoms. The molecule has 0 amide bonds. The quantitative estimate of drug-likeness (QED) is 0.0223. The Hall–Kier alpha value is -8.49. The van der Waals surface area contributed by atoms with Crippen molar-refractivity contribution < 1.29 is 82.5 Å². The maximum atomic E-state index is 12.8. The van der Waals surface area contributed by atoms with Crippen LogP contribution in [0.1, 0.15) is 85.5 Å². The smallest absolute Gasteiger partial charge is 0.316 e. The van der Waals surface area contributed by atoms with Crippen LogP contribution in [0.25, 0.3) is 33.4 Å². The molecule has 0 aliphatic carbocycles. The first-order valence-corrected chi connectivity index (χ1v) is 34.1. The first kappa shape index (κ1) is 49.9. The molecule has 0 unspecified atom stereocenters. The van der Waals surface area contributed by atoms with Crippen LogP contribution in [0.3, 0.4) is 0 Å². The summed E-state index contributed by atoms with van der Waals surface area (Å²) in [5, 5.41) is 0. The minimum absolute atomic E-state index is 0.0645. The lowest BCUT2D eigenvalue weighted by molar-refractivity contribution is 0.202. The molecule has 0 bridgehead atoms. The molecule has 6 aromatic heterocycles. The van der Waals surface area contributed by atoms with Gasteiger partial charge in [-0.05, 0) is 110 Å². The lowest BCUT2D eigenvalue weighted by Gasteiger charge is -2.15. The van der Waals surface area contributed by atoms with Crippen molar-refractivity contribution in [3.05, 3.63) is 159 Å². The van der Waals surface area contributed by atoms with Gasteiger partial charge in [0.25, 0.3) is 30.6 Å². The molecule has 3 aromatic carbocycles. The Morgan fingerprint density at radius 3 is 0.969 bits per heavy atom. The molecule has 0 saturated carbocycles. The second-order valence-electron chi connectivity index (χ2n) is 18.1. The number of hydrogen-bond acceptors (Lipinski definition) is 24. The van der Waals surface area contributed by atoms with E-state index in [4.69, 9.17) is 57.2 Å². The Kier molecular flexibility index (Phi) is 19.6. The van der Waals surface area contributed by atoms with E-state index in [1.807, 2.05) is 9.44 Å². The van der Waals surface area contributed by atoms with Gasteiger partial charge >= 0.3 is 18.0 Å². The van der Waals surface area contributed by atoms with Crippen LogP contribution in [0.2, 0.25) is 0 Å². The standard InChI is InChI=1S/3C20H23BrN6O4S/c3*1-3-8-26-32(28,29)27-18-17(15-4-6-16(21)7-5-15)19(25-13-24-18)30-9-10-31-20-22-11-14(2)12-23-20/h3*4-7,11-13,26H,3,8-10H2,1-2H3,(H,24,25,27)/i3D2,8D2,10D2,11D,12D,13D;8D2,10D2,11D,12D,13D;10D2,11D,12D,13D. The van der Waals surface area contributed by atoms with Crippen LogP contribution in [0.5, 0.6) is 35.7 Å². The number of hydrogen-bond donors (Lipinski definition) is 6. The van der Waals surface area contributed by atoms with E-state index in [9.17, 15) is 25.3 Å². The van der Waals surface area contributed by atoms with E-state index in [0.717, 1.165) is 11.4 Å². The van der Waals surface area contributed by atoms with Crippen LogP contribution < -0.4 is 56.8 Å². The first-order valence-electron chi connectivity index (χ1n) is 37.8. The van der Waals surface area contributed by atoms with Crippen LogP contribution >= 0.6 is 47.8 Å². The van der Waals surface area contributed by atoms with Gasteiger partial charge in [-0.25, -0.2) is 59.8 Å². The van der Waals surface area contributed by atoms with Crippen molar-refractivity contribution in [3.8, 4) is 69.1 Å². The van der Waals surface area contributed by atoms with Gasteiger partial charge in [0, 0.05) is 78.2 Å². The third kappa shape index (κ3) is 24.9. The Morgan fingerprint density at radius 2 is 0.688 bits per heavy atom. The van der Waals surface area contributed by atoms with Gasteiger partial charge in [-0.1, -0.05) is 105 Å². The summed E-state index contributed by atoms with van der Waals surface area (Å²) < 4.78 is 287. The molecular weight excluding hydrogens is 1500 g/mol. The Balaban J connectivity index is 0.000000243. The number of halogens is 3. The highest BCUT2D eigenvalue weighted by Gasteiger charge is 2.23. The summed E-state index contributed by atoms with van der Waals surface area (Å²) in [5.74, 6) is -2.35. The van der Waals surface area contributed by atoms with Gasteiger partial charge in [-0.15, -0.1) is 0 Å². The Morgan fingerprint density at radius 1 is 0.396 bits per heavy atom. The van der Waals surface area contributed by atoms with Crippen LogP contribution in [0.4, 0.5) is 17.5 Å². The summed E-state index contributed by atoms with van der Waals surface area (Å²) in [6.07, 6.45) is -6.13. The molecule has 0 saturated heterocycles. The van der Waals surface area contributed by atoms with Crippen LogP contribution in [0.15, 0.2) is 142 Å². The Bertz CT molecular complexity index is 5370. The van der Waals surface area contributed by atoms with Gasteiger partial charge < -0.3 is 28.4 Å². The summed E-state index contributed by atoms with van der Waals surface area (Å²) in [5.41, 5.74) is 1.37. The van der Waals surface area contributed by atoms with Crippen LogP contribution in [-0.2, 0) is 30.6 Å². The molecule has 0 fully saturated rings. The van der Waals surface area contributed by atoms with E-state index in [-0.39, 0.29) is 107 Å². The van der Waals surface area contributed by atoms with Gasteiger partial charge in [0.05, 0.1) is 33.1 Å². The zero-order chi connectivity index (χ0) is 87.5. The zero-order valence-corrected chi connectivity index (χ0v) is 58.0. The van der Waals surface area contributed by atoms with Gasteiger partial charge in [0.15, 0.2) is 17.5 Å². The van der Waals surface area contributed by atoms with Crippen LogP contribution in [0, 0.1) is 20.8 Å². The SMILES string of the molecule is [2H]c1nc(NS(=O)(=O)NC([2H])([2H])C([2H])([2H])C)c(-c2ccc(Br)cc2)c(OCC([2H])([2H])Oc2nc([2H])c(C)c([2H])n2)n1.[2H]c1nc(NS(=O)(=O)NC([2H])([2H])CC)c(-c2ccc(Br)cc2)c(OCC([2H])([2H])Oc2nc([2H])c(C)c([2H])n2)n1.[2H]c1nc(NS(=O)(=O)NCCC)c(-c2ccc(Br)cc2)c(OCC([2H])([2H])Oc2nc([2H])c(C)c([2H])n2)n1. The number of nitrogens with zero attached hydrogens (tertiary/aromatic N) is 12. The van der Waals surface area contributed by atoms with E-state index in [0.29, 0.717) is 26.5 Å². The van der Waals surface area contributed by atoms with Crippen molar-refractivity contribution in [1.82, 2.24) is 74.0 Å². The number of nitrogens with one attached hydrogen (secondary N) is 6. The second kappa shape index (κ2) is 37.7. The monoisotopic (exact) mass is 1590 g/mol. The summed E-state index contributed by atoms with van der Waals surface area (Å²) >= 11 is 9.90. The van der Waals surface area contributed by atoms with E-state index in [1.165, 1.54) is 39.8 Å². The predicted molar refractivity (Wildman–Crippen MR) is 371 cm³/mol. The molecule has 0 radical (unpaired) electrons. The summed E-state index contributed by atoms with van der Waals surface area (Å²) in [7, 11) is -13.4. The van der Waals surface area contributed by atoms with Crippen molar-refractivity contribution in [2.24, 2.45) is 0 Å². The number of ether oxygens (including phenoxy) is 6. The number of aromatic nitrogens is 12. The number of anilines is 3. The topological polar surface area (TPSA) is 385 Å². The van der Waals surface area contributed by atoms with E-state index < -0.39 is 144 Å². The average Bonchev–Trinajstić information content (AvgIpc) is 0.789. The highest BCUT2D eigenvalue weighted by molar-refractivity contribution is 9.11. The fourth-order valence-electron chi connectivity index (χ4n) is 6.81. The molecule has 510 valence electrons. The maximum absolute atomic E-state index is 12.8. The number of rotatable bonds is 33. The van der Waals surface area contributed by atoms with Crippen molar-refractivity contribution in [1.29, 1.82) is 0 Å². The van der Waals surface area contributed by atoms with Crippen molar-refractivity contribution in [2.75, 3.05) is 73.2 Å².